The fourth-order valence-electron chi connectivity index (χ4n) is 2.12. The Morgan fingerprint density at radius 1 is 1.26 bits per heavy atom. The van der Waals surface area contributed by atoms with Crippen molar-refractivity contribution in [2.75, 3.05) is 16.8 Å². The first-order chi connectivity index (χ1) is 13.0. The number of nitrogens with zero attached hydrogens (tertiary/aromatic N) is 1. The molecule has 6 nitrogen and oxygen atoms in total. The number of benzene rings is 2. The summed E-state index contributed by atoms with van der Waals surface area (Å²) in [6.07, 6.45) is 5.18. The highest BCUT2D eigenvalue weighted by Crippen LogP contribution is 2.20. The Morgan fingerprint density at radius 3 is 2.67 bits per heavy atom. The van der Waals surface area contributed by atoms with E-state index < -0.39 is 18.3 Å². The van der Waals surface area contributed by atoms with Gasteiger partial charge >= 0.3 is 12.2 Å². The highest BCUT2D eigenvalue weighted by Gasteiger charge is 2.17. The molecule has 2 rings (SSSR count). The summed E-state index contributed by atoms with van der Waals surface area (Å²) in [5.41, 5.74) is 1.04. The Hall–Kier alpha value is -3.72. The van der Waals surface area contributed by atoms with Gasteiger partial charge in [-0.25, -0.2) is 9.59 Å². The third-order valence-electron chi connectivity index (χ3n) is 3.45. The number of amides is 2. The van der Waals surface area contributed by atoms with E-state index in [9.17, 15) is 9.59 Å². The second-order valence-corrected chi connectivity index (χ2v) is 5.49. The van der Waals surface area contributed by atoms with Crippen LogP contribution in [0.1, 0.15) is 6.92 Å². The van der Waals surface area contributed by atoms with Crippen LogP contribution in [0.2, 0.25) is 0 Å². The number of carbonyl (C=O) groups excluding carboxylic acids is 2. The topological polar surface area (TPSA) is 67.9 Å². The Morgan fingerprint density at radius 2 is 2.00 bits per heavy atom. The molecule has 138 valence electrons. The van der Waals surface area contributed by atoms with Gasteiger partial charge in [0.2, 0.25) is 0 Å². The number of para-hydroxylation sites is 1. The van der Waals surface area contributed by atoms with Crippen LogP contribution >= 0.6 is 0 Å². The van der Waals surface area contributed by atoms with Crippen molar-refractivity contribution in [1.29, 1.82) is 0 Å². The number of terminal acetylenes is 1. The van der Waals surface area contributed by atoms with Gasteiger partial charge in [0.15, 0.2) is 0 Å². The second kappa shape index (κ2) is 9.68. The minimum Gasteiger partial charge on any atom is -0.442 e. The third kappa shape index (κ3) is 5.94. The van der Waals surface area contributed by atoms with Crippen LogP contribution in [-0.4, -0.2) is 24.8 Å². The zero-order valence-electron chi connectivity index (χ0n) is 14.9. The van der Waals surface area contributed by atoms with Crippen molar-refractivity contribution in [3.05, 3.63) is 67.3 Å². The number of rotatable bonds is 6. The van der Waals surface area contributed by atoms with E-state index in [0.29, 0.717) is 11.4 Å². The van der Waals surface area contributed by atoms with Crippen molar-refractivity contribution in [2.24, 2.45) is 0 Å². The van der Waals surface area contributed by atoms with Crippen molar-refractivity contribution < 1.29 is 19.1 Å². The monoisotopic (exact) mass is 364 g/mol. The molecule has 2 aromatic carbocycles. The van der Waals surface area contributed by atoms with Gasteiger partial charge in [0.05, 0.1) is 6.54 Å². The van der Waals surface area contributed by atoms with Crippen molar-refractivity contribution in [2.45, 2.75) is 13.0 Å². The first-order valence-electron chi connectivity index (χ1n) is 8.21. The van der Waals surface area contributed by atoms with Gasteiger partial charge in [0, 0.05) is 17.4 Å². The maximum absolute atomic E-state index is 12.5. The summed E-state index contributed by atoms with van der Waals surface area (Å²) in [5, 5.41) is 2.56. The molecule has 27 heavy (non-hydrogen) atoms. The van der Waals surface area contributed by atoms with Crippen molar-refractivity contribution in [3.8, 4) is 18.1 Å². The van der Waals surface area contributed by atoms with Gasteiger partial charge in [-0.1, -0.05) is 42.8 Å². The fourth-order valence-corrected chi connectivity index (χ4v) is 2.12. The quantitative estimate of drug-likeness (QED) is 0.607. The molecule has 0 bridgehead atoms. The maximum atomic E-state index is 12.5. The van der Waals surface area contributed by atoms with Gasteiger partial charge in [-0.2, -0.15) is 0 Å². The summed E-state index contributed by atoms with van der Waals surface area (Å²) in [7, 11) is 0. The highest BCUT2D eigenvalue weighted by atomic mass is 16.6. The number of carbonyl (C=O) groups is 2. The smallest absolute Gasteiger partial charge is 0.420 e. The van der Waals surface area contributed by atoms with E-state index in [-0.39, 0.29) is 12.3 Å². The molecule has 0 radical (unpaired) electrons. The summed E-state index contributed by atoms with van der Waals surface area (Å²) >= 11 is 0. The van der Waals surface area contributed by atoms with Crippen LogP contribution < -0.4 is 15.0 Å². The third-order valence-corrected chi connectivity index (χ3v) is 3.45. The van der Waals surface area contributed by atoms with Crippen LogP contribution in [0.3, 0.4) is 0 Å². The second-order valence-electron chi connectivity index (χ2n) is 5.49. The lowest BCUT2D eigenvalue weighted by atomic mass is 10.3. The zero-order chi connectivity index (χ0) is 19.6. The molecule has 0 aliphatic heterocycles. The minimum atomic E-state index is -0.635. The molecule has 1 atom stereocenters. The lowest BCUT2D eigenvalue weighted by Gasteiger charge is -2.19. The fraction of sp³-hybridized carbons (Fsp3) is 0.143. The molecule has 0 aromatic heterocycles. The minimum absolute atomic E-state index is 0.0621. The van der Waals surface area contributed by atoms with E-state index in [0.717, 1.165) is 0 Å². The average molecular weight is 364 g/mol. The van der Waals surface area contributed by atoms with Crippen LogP contribution in [0.4, 0.5) is 21.0 Å². The molecular weight excluding hydrogens is 344 g/mol. The summed E-state index contributed by atoms with van der Waals surface area (Å²) in [6, 6.07) is 15.3. The van der Waals surface area contributed by atoms with Crippen LogP contribution in [-0.2, 0) is 4.74 Å². The molecular formula is C21H20N2O4. The largest absolute Gasteiger partial charge is 0.442 e. The summed E-state index contributed by atoms with van der Waals surface area (Å²) in [4.78, 5) is 25.6. The molecule has 0 spiro atoms. The molecule has 0 heterocycles. The molecule has 1 N–H and O–H groups in total. The number of hydrogen-bond donors (Lipinski definition) is 1. The van der Waals surface area contributed by atoms with Gasteiger partial charge in [-0.15, -0.1) is 6.42 Å². The Balaban J connectivity index is 2.08. The van der Waals surface area contributed by atoms with Gasteiger partial charge in [-0.3, -0.25) is 10.2 Å². The van der Waals surface area contributed by atoms with E-state index in [1.807, 2.05) is 6.07 Å². The zero-order valence-corrected chi connectivity index (χ0v) is 14.9. The summed E-state index contributed by atoms with van der Waals surface area (Å²) < 4.78 is 10.4. The summed E-state index contributed by atoms with van der Waals surface area (Å²) in [6.45, 7) is 5.29. The van der Waals surface area contributed by atoms with Gasteiger partial charge in [0.1, 0.15) is 11.9 Å². The molecule has 0 saturated heterocycles. The van der Waals surface area contributed by atoms with Gasteiger partial charge in [-0.05, 0) is 31.2 Å². The van der Waals surface area contributed by atoms with E-state index in [1.54, 1.807) is 49.4 Å². The molecule has 2 aromatic rings. The number of anilines is 2. The normalized spacial score (nSPS) is 10.8. The van der Waals surface area contributed by atoms with E-state index in [2.05, 4.69) is 17.8 Å². The highest BCUT2D eigenvalue weighted by molar-refractivity contribution is 5.90. The molecule has 0 aliphatic carbocycles. The molecule has 0 saturated carbocycles. The maximum Gasteiger partial charge on any atom is 0.420 e. The molecule has 0 fully saturated rings. The van der Waals surface area contributed by atoms with Gasteiger partial charge in [0.25, 0.3) is 0 Å². The van der Waals surface area contributed by atoms with E-state index in [4.69, 9.17) is 15.9 Å². The van der Waals surface area contributed by atoms with Crippen LogP contribution in [0.5, 0.6) is 5.75 Å². The number of nitrogens with one attached hydrogen (secondary N) is 1. The average Bonchev–Trinajstić information content (AvgIpc) is 2.66. The Kier molecular flexibility index (Phi) is 7.03. The van der Waals surface area contributed by atoms with Crippen LogP contribution in [0.15, 0.2) is 67.3 Å². The predicted molar refractivity (Wildman–Crippen MR) is 105 cm³/mol. The van der Waals surface area contributed by atoms with E-state index >= 15 is 0 Å². The number of hydrogen-bond acceptors (Lipinski definition) is 4. The summed E-state index contributed by atoms with van der Waals surface area (Å²) in [5.74, 6) is 2.69. The number of ether oxygens (including phenoxy) is 2. The Bertz CT molecular complexity index is 843. The SMILES string of the molecule is C#CCN(C(=O)Oc1cccc(NC(=O)OC(C)C=C)c1)c1ccccc1. The molecule has 0 aliphatic rings. The molecule has 1 unspecified atom stereocenters. The Labute approximate surface area is 158 Å². The van der Waals surface area contributed by atoms with Crippen molar-refractivity contribution in [3.63, 3.8) is 0 Å². The predicted octanol–water partition coefficient (Wildman–Crippen LogP) is 4.45. The molecule has 2 amide bonds. The van der Waals surface area contributed by atoms with Gasteiger partial charge < -0.3 is 9.47 Å². The first-order valence-corrected chi connectivity index (χ1v) is 8.21. The van der Waals surface area contributed by atoms with E-state index in [1.165, 1.54) is 17.0 Å². The van der Waals surface area contributed by atoms with Crippen LogP contribution in [0, 0.1) is 12.3 Å². The lowest BCUT2D eigenvalue weighted by molar-refractivity contribution is 0.142. The first kappa shape index (κ1) is 19.6. The standard InChI is InChI=1S/C21H20N2O4/c1-4-14-23(18-11-7-6-8-12-18)21(25)27-19-13-9-10-17(15-19)22-20(24)26-16(3)5-2/h1,5-13,15-16H,2,14H2,3H3,(H,22,24). The van der Waals surface area contributed by atoms with Crippen molar-refractivity contribution >= 4 is 23.6 Å². The lowest BCUT2D eigenvalue weighted by Crippen LogP contribution is -2.33. The van der Waals surface area contributed by atoms with Crippen molar-refractivity contribution in [1.82, 2.24) is 0 Å². The van der Waals surface area contributed by atoms with Crippen LogP contribution in [0.25, 0.3) is 0 Å². The molecule has 6 heteroatoms.